The van der Waals surface area contributed by atoms with E-state index >= 15 is 0 Å². The van der Waals surface area contributed by atoms with Crippen LogP contribution in [0.4, 0.5) is 0 Å². The van der Waals surface area contributed by atoms with Gasteiger partial charge in [0.1, 0.15) is 6.61 Å². The van der Waals surface area contributed by atoms with Gasteiger partial charge in [0.25, 0.3) is 11.8 Å². The zero-order valence-electron chi connectivity index (χ0n) is 22.6. The number of nitrogens with one attached hydrogen (secondary N) is 2. The third-order valence-electron chi connectivity index (χ3n) is 7.92. The Kier molecular flexibility index (Phi) is 8.83. The lowest BCUT2D eigenvalue weighted by molar-refractivity contribution is -0.148. The average Bonchev–Trinajstić information content (AvgIpc) is 3.02. The van der Waals surface area contributed by atoms with Crippen LogP contribution in [0.3, 0.4) is 0 Å². The topological polar surface area (TPSA) is 117 Å². The van der Waals surface area contributed by atoms with Gasteiger partial charge >= 0.3 is 0 Å². The number of benzene rings is 2. The summed E-state index contributed by atoms with van der Waals surface area (Å²) in [6.45, 7) is 2.64. The monoisotopic (exact) mass is 548 g/mol. The Morgan fingerprint density at radius 3 is 2.08 bits per heavy atom. The molecule has 0 radical (unpaired) electrons. The molecule has 2 aromatic carbocycles. The Bertz CT molecular complexity index is 1210. The van der Waals surface area contributed by atoms with Crippen molar-refractivity contribution in [2.24, 2.45) is 11.8 Å². The molecule has 1 aliphatic carbocycles. The third kappa shape index (κ3) is 6.73. The SMILES string of the molecule is O=C(CNC(=O)c1ccccc1)NCC1CCC(C(=O)N2CCN(C(=O)[C@@H]3COc4ccccc4O3)CC2)CC1. The molecule has 0 aromatic heterocycles. The highest BCUT2D eigenvalue weighted by molar-refractivity contribution is 5.96. The number of hydrogen-bond donors (Lipinski definition) is 2. The van der Waals surface area contributed by atoms with E-state index in [2.05, 4.69) is 10.6 Å². The van der Waals surface area contributed by atoms with E-state index < -0.39 is 6.10 Å². The Hall–Kier alpha value is -4.08. The molecule has 3 aliphatic rings. The second kappa shape index (κ2) is 12.8. The minimum atomic E-state index is -0.673. The fourth-order valence-electron chi connectivity index (χ4n) is 5.54. The minimum absolute atomic E-state index is 0.0223. The molecule has 0 bridgehead atoms. The van der Waals surface area contributed by atoms with Gasteiger partial charge in [-0.25, -0.2) is 0 Å². The molecule has 2 aromatic rings. The lowest BCUT2D eigenvalue weighted by Crippen LogP contribution is -2.56. The van der Waals surface area contributed by atoms with Crippen molar-refractivity contribution in [2.75, 3.05) is 45.9 Å². The standard InChI is InChI=1S/C30H36N4O6/c35-27(19-32-28(36)22-6-2-1-3-7-22)31-18-21-10-12-23(13-11-21)29(37)33-14-16-34(17-15-33)30(38)26-20-39-24-8-4-5-9-25(24)40-26/h1-9,21,23,26H,10-20H2,(H,31,35)(H,32,36)/t21?,23?,26-/m0/s1. The number of para-hydroxylation sites is 2. The summed E-state index contributed by atoms with van der Waals surface area (Å²) in [5.74, 6) is 1.07. The number of ether oxygens (including phenoxy) is 2. The number of carbonyl (C=O) groups is 4. The van der Waals surface area contributed by atoms with E-state index in [1.165, 1.54) is 0 Å². The van der Waals surface area contributed by atoms with E-state index in [1.807, 2.05) is 29.2 Å². The predicted molar refractivity (Wildman–Crippen MR) is 147 cm³/mol. The van der Waals surface area contributed by atoms with Crippen molar-refractivity contribution in [3.05, 3.63) is 60.2 Å². The molecule has 1 atom stereocenters. The first-order valence-corrected chi connectivity index (χ1v) is 14.0. The molecule has 0 unspecified atom stereocenters. The second-order valence-corrected chi connectivity index (χ2v) is 10.6. The van der Waals surface area contributed by atoms with Crippen LogP contribution in [0.5, 0.6) is 11.5 Å². The molecule has 2 heterocycles. The maximum atomic E-state index is 13.2. The maximum Gasteiger partial charge on any atom is 0.267 e. The fraction of sp³-hybridized carbons (Fsp3) is 0.467. The highest BCUT2D eigenvalue weighted by atomic mass is 16.6. The summed E-state index contributed by atoms with van der Waals surface area (Å²) in [4.78, 5) is 54.1. The van der Waals surface area contributed by atoms with Gasteiger partial charge in [-0.05, 0) is 55.9 Å². The number of rotatable bonds is 7. The molecule has 40 heavy (non-hydrogen) atoms. The molecular formula is C30H36N4O6. The predicted octanol–water partition coefficient (Wildman–Crippen LogP) is 1.85. The quantitative estimate of drug-likeness (QED) is 0.546. The van der Waals surface area contributed by atoms with E-state index in [9.17, 15) is 19.2 Å². The van der Waals surface area contributed by atoms with Gasteiger partial charge in [0.15, 0.2) is 11.5 Å². The normalized spacial score (nSPS) is 22.2. The van der Waals surface area contributed by atoms with Gasteiger partial charge in [-0.15, -0.1) is 0 Å². The van der Waals surface area contributed by atoms with Crippen LogP contribution < -0.4 is 20.1 Å². The zero-order valence-corrected chi connectivity index (χ0v) is 22.6. The molecule has 5 rings (SSSR count). The van der Waals surface area contributed by atoms with E-state index in [4.69, 9.17) is 9.47 Å². The summed E-state index contributed by atoms with van der Waals surface area (Å²) >= 11 is 0. The number of hydrogen-bond acceptors (Lipinski definition) is 6. The smallest absolute Gasteiger partial charge is 0.267 e. The van der Waals surface area contributed by atoms with Crippen molar-refractivity contribution >= 4 is 23.6 Å². The summed E-state index contributed by atoms with van der Waals surface area (Å²) in [6, 6.07) is 16.1. The number of nitrogens with zero attached hydrogens (tertiary/aromatic N) is 2. The van der Waals surface area contributed by atoms with Crippen molar-refractivity contribution in [1.82, 2.24) is 20.4 Å². The molecular weight excluding hydrogens is 512 g/mol. The minimum Gasteiger partial charge on any atom is -0.485 e. The molecule has 0 spiro atoms. The molecule has 2 aliphatic heterocycles. The van der Waals surface area contributed by atoms with Crippen LogP contribution in [0.2, 0.25) is 0 Å². The van der Waals surface area contributed by atoms with Crippen LogP contribution in [0, 0.1) is 11.8 Å². The lowest BCUT2D eigenvalue weighted by Gasteiger charge is -2.39. The van der Waals surface area contributed by atoms with E-state index in [0.717, 1.165) is 25.7 Å². The van der Waals surface area contributed by atoms with Gasteiger partial charge in [-0.3, -0.25) is 19.2 Å². The Balaban J connectivity index is 0.983. The van der Waals surface area contributed by atoms with Gasteiger partial charge in [0.05, 0.1) is 6.54 Å². The Morgan fingerprint density at radius 2 is 1.38 bits per heavy atom. The summed E-state index contributed by atoms with van der Waals surface area (Å²) < 4.78 is 11.5. The first-order valence-electron chi connectivity index (χ1n) is 14.0. The van der Waals surface area contributed by atoms with Crippen molar-refractivity contribution in [2.45, 2.75) is 31.8 Å². The van der Waals surface area contributed by atoms with Crippen LogP contribution in [0.25, 0.3) is 0 Å². The maximum absolute atomic E-state index is 13.2. The zero-order chi connectivity index (χ0) is 27.9. The molecule has 1 saturated carbocycles. The number of piperazine rings is 1. The van der Waals surface area contributed by atoms with E-state index in [0.29, 0.717) is 55.7 Å². The van der Waals surface area contributed by atoms with Gasteiger partial charge in [-0.1, -0.05) is 30.3 Å². The van der Waals surface area contributed by atoms with Crippen molar-refractivity contribution < 1.29 is 28.7 Å². The molecule has 212 valence electrons. The summed E-state index contributed by atoms with van der Waals surface area (Å²) in [5, 5.41) is 5.55. The van der Waals surface area contributed by atoms with Crippen molar-refractivity contribution in [1.29, 1.82) is 0 Å². The van der Waals surface area contributed by atoms with Crippen LogP contribution in [0.15, 0.2) is 54.6 Å². The van der Waals surface area contributed by atoms with E-state index in [-0.39, 0.29) is 42.7 Å². The van der Waals surface area contributed by atoms with E-state index in [1.54, 1.807) is 35.2 Å². The van der Waals surface area contributed by atoms with Gasteiger partial charge in [0.2, 0.25) is 17.9 Å². The molecule has 2 N–H and O–H groups in total. The molecule has 10 nitrogen and oxygen atoms in total. The van der Waals surface area contributed by atoms with Gasteiger partial charge in [0, 0.05) is 44.2 Å². The highest BCUT2D eigenvalue weighted by Crippen LogP contribution is 2.32. The van der Waals surface area contributed by atoms with Crippen LogP contribution in [-0.4, -0.2) is 85.4 Å². The molecule has 1 saturated heterocycles. The first-order chi connectivity index (χ1) is 19.5. The van der Waals surface area contributed by atoms with Gasteiger partial charge in [-0.2, -0.15) is 0 Å². The number of carbonyl (C=O) groups excluding carboxylic acids is 4. The largest absolute Gasteiger partial charge is 0.485 e. The van der Waals surface area contributed by atoms with Crippen molar-refractivity contribution in [3.63, 3.8) is 0 Å². The number of amides is 4. The summed E-state index contributed by atoms with van der Waals surface area (Å²) in [6.07, 6.45) is 2.64. The molecule has 10 heteroatoms. The first kappa shape index (κ1) is 27.5. The summed E-state index contributed by atoms with van der Waals surface area (Å²) in [5.41, 5.74) is 0.519. The van der Waals surface area contributed by atoms with Crippen LogP contribution >= 0.6 is 0 Å². The number of fused-ring (bicyclic) bond motifs is 1. The Labute approximate surface area is 234 Å². The fourth-order valence-corrected chi connectivity index (χ4v) is 5.54. The molecule has 4 amide bonds. The Morgan fingerprint density at radius 1 is 0.750 bits per heavy atom. The summed E-state index contributed by atoms with van der Waals surface area (Å²) in [7, 11) is 0. The van der Waals surface area contributed by atoms with Gasteiger partial charge < -0.3 is 29.9 Å². The molecule has 2 fully saturated rings. The third-order valence-corrected chi connectivity index (χ3v) is 7.92. The van der Waals surface area contributed by atoms with Crippen LogP contribution in [-0.2, 0) is 14.4 Å². The average molecular weight is 549 g/mol. The highest BCUT2D eigenvalue weighted by Gasteiger charge is 2.35. The van der Waals surface area contributed by atoms with Crippen LogP contribution in [0.1, 0.15) is 36.0 Å². The lowest BCUT2D eigenvalue weighted by atomic mass is 9.81. The van der Waals surface area contributed by atoms with Crippen molar-refractivity contribution in [3.8, 4) is 11.5 Å². The second-order valence-electron chi connectivity index (χ2n) is 10.6.